The van der Waals surface area contributed by atoms with Crippen LogP contribution in [-0.4, -0.2) is 150 Å². The van der Waals surface area contributed by atoms with Crippen molar-refractivity contribution in [2.75, 3.05) is 26.5 Å². The van der Waals surface area contributed by atoms with Crippen molar-refractivity contribution in [3.8, 4) is 22.3 Å². The van der Waals surface area contributed by atoms with Crippen LogP contribution in [0.1, 0.15) is 136 Å². The van der Waals surface area contributed by atoms with E-state index in [1.54, 1.807) is 20.8 Å². The van der Waals surface area contributed by atoms with Crippen molar-refractivity contribution in [2.45, 2.75) is 126 Å². The summed E-state index contributed by atoms with van der Waals surface area (Å²) in [6, 6.07) is 30.4. The zero-order chi connectivity index (χ0) is 68.6. The quantitative estimate of drug-likeness (QED) is 0.0204. The number of carbonyl (C=O) groups is 14. The van der Waals surface area contributed by atoms with E-state index in [1.165, 1.54) is 27.7 Å². The Kier molecular flexibility index (Phi) is 29.4. The molecule has 92 heavy (non-hydrogen) atoms. The molecule has 4 amide bonds. The zero-order valence-electron chi connectivity index (χ0n) is 53.0. The van der Waals surface area contributed by atoms with E-state index in [9.17, 15) is 67.1 Å². The number of carboxylic acid groups (broad SMARTS) is 1. The summed E-state index contributed by atoms with van der Waals surface area (Å²) in [6.45, 7) is 14.1. The summed E-state index contributed by atoms with van der Waals surface area (Å²) in [5.74, 6) is -11.8. The first-order valence-corrected chi connectivity index (χ1v) is 35.7. The summed E-state index contributed by atoms with van der Waals surface area (Å²) in [4.78, 5) is 164. The van der Waals surface area contributed by atoms with Crippen molar-refractivity contribution in [1.29, 1.82) is 0 Å². The number of aliphatic carboxylic acids is 1. The number of rotatable bonds is 28. The molecule has 0 saturated heterocycles. The van der Waals surface area contributed by atoms with E-state index in [2.05, 4.69) is 48.9 Å². The molecule has 0 spiro atoms. The van der Waals surface area contributed by atoms with Crippen molar-refractivity contribution in [1.82, 2.24) is 21.3 Å². The third-order valence-electron chi connectivity index (χ3n) is 14.2. The standard InChI is InChI=1S/C29H34N2O7.C28H32N2O7.4C2H4O2.Pb/c1-17(28(35)30-16-38-20(4)32)13-26(33)19(3)31-29(36)18(2)14-27(34)37-15-25-23-11-7-5-9-21(23)22-10-6-8-12-24(22)25;1-16(27(35)29-14-25(32)33)12-24(31)18(3)30-28(36)17(2)13-26(34)37-15-23-21-10-6-4-8-19(21)20-9-5-7-11-22(20)23;4*1-2(3)4;/h5-12,17-19,25H,13-16H2,1-4H3,(H,30,35)(H,31,36);4-11,16-18,23H,12-15H2,1-3H3,(H,29,35)(H,30,36)(H,32,33);4*1H3,(H,3,4);/q;;;;;;+4/p-4/t17-,18-,19+;16-,17-,18+;;;;;/m11...../s1. The molecule has 0 heterocycles. The van der Waals surface area contributed by atoms with Crippen LogP contribution in [0.3, 0.4) is 0 Å². The second-order valence-electron chi connectivity index (χ2n) is 21.9. The Labute approximate surface area is 539 Å². The van der Waals surface area contributed by atoms with Crippen molar-refractivity contribution in [3.63, 3.8) is 0 Å². The molecule has 0 radical (unpaired) electrons. The van der Waals surface area contributed by atoms with Crippen LogP contribution in [-0.2, 0) is 92.1 Å². The van der Waals surface area contributed by atoms with E-state index in [0.717, 1.165) is 72.2 Å². The average Bonchev–Trinajstić information content (AvgIpc) is 1.63. The first kappa shape index (κ1) is 75.2. The van der Waals surface area contributed by atoms with Crippen LogP contribution in [0.4, 0.5) is 0 Å². The number of nitrogens with one attached hydrogen (secondary N) is 4. The molecule has 0 unspecified atom stereocenters. The van der Waals surface area contributed by atoms with Gasteiger partial charge in [-0.3, -0.25) is 47.9 Å². The zero-order valence-corrected chi connectivity index (χ0v) is 56.9. The predicted octanol–water partition coefficient (Wildman–Crippen LogP) is 5.45. The fourth-order valence-electron chi connectivity index (χ4n) is 9.60. The summed E-state index contributed by atoms with van der Waals surface area (Å²) < 4.78 is 34.3. The SMILES string of the molecule is CC(=O)OCNC(=O)[C@H](C)CC(=O)[C@H](C)NC(=O)[C@H](C)CC(=O)OCC1c2ccccc2-c2ccccc21.CC(=O)[O][Pb]([O]C(C)=O)([O]C(C)=O)[O]C(C)=O.C[C@H](CC(=O)[C@H](C)NC(=O)[C@H](C)CC(=O)OCC1c2ccccc2-c2ccccc21)C(=O)NCC(=O)O. The van der Waals surface area contributed by atoms with Crippen molar-refractivity contribution in [3.05, 3.63) is 119 Å². The fraction of sp³-hybridized carbons (Fsp3) is 0.415. The Balaban J connectivity index is 0.000000316. The molecule has 5 N–H and O–H groups in total. The summed E-state index contributed by atoms with van der Waals surface area (Å²) >= 11 is -5.43. The number of hydrogen-bond acceptors (Lipinski definition) is 21. The third kappa shape index (κ3) is 23.5. The van der Waals surface area contributed by atoms with Gasteiger partial charge in [0.15, 0.2) is 18.3 Å². The van der Waals surface area contributed by atoms with E-state index < -0.39 is 137 Å². The molecule has 494 valence electrons. The number of ether oxygens (including phenoxy) is 3. The molecule has 0 aromatic heterocycles. The van der Waals surface area contributed by atoms with Crippen LogP contribution >= 0.6 is 0 Å². The molecule has 27 heteroatoms. The second kappa shape index (κ2) is 36.0. The molecule has 4 aromatic rings. The summed E-state index contributed by atoms with van der Waals surface area (Å²) in [5.41, 5.74) is 8.92. The van der Waals surface area contributed by atoms with Crippen molar-refractivity contribution in [2.24, 2.45) is 23.7 Å². The molecule has 0 aliphatic heterocycles. The van der Waals surface area contributed by atoms with Gasteiger partial charge in [-0.05, 0) is 58.4 Å². The van der Waals surface area contributed by atoms with Crippen LogP contribution in [0.25, 0.3) is 22.3 Å². The van der Waals surface area contributed by atoms with E-state index in [0.29, 0.717) is 0 Å². The minimum atomic E-state index is -5.43. The number of esters is 3. The van der Waals surface area contributed by atoms with Crippen LogP contribution in [0.5, 0.6) is 0 Å². The van der Waals surface area contributed by atoms with Gasteiger partial charge in [0, 0.05) is 55.3 Å². The largest absolute Gasteiger partial charge is 0.480 e. The molecular formula is C65H78N4O22Pb. The molecule has 2 aliphatic carbocycles. The number of amides is 4. The molecule has 2 aliphatic rings. The van der Waals surface area contributed by atoms with Gasteiger partial charge in [0.2, 0.25) is 23.6 Å². The maximum absolute atomic E-state index is 12.6. The molecule has 6 atom stereocenters. The molecule has 4 aromatic carbocycles. The topological polar surface area (TPSA) is 372 Å². The van der Waals surface area contributed by atoms with Crippen LogP contribution in [0, 0.1) is 23.7 Å². The minimum Gasteiger partial charge on any atom is -0.480 e. The van der Waals surface area contributed by atoms with Gasteiger partial charge >= 0.3 is 128 Å². The Morgan fingerprint density at radius 1 is 0.402 bits per heavy atom. The van der Waals surface area contributed by atoms with Gasteiger partial charge in [0.05, 0.1) is 24.9 Å². The number of carboxylic acids is 1. The Bertz CT molecular complexity index is 3240. The van der Waals surface area contributed by atoms with E-state index in [4.69, 9.17) is 14.6 Å². The van der Waals surface area contributed by atoms with E-state index in [-0.39, 0.29) is 69.0 Å². The first-order valence-electron chi connectivity index (χ1n) is 29.4. The molecule has 0 fully saturated rings. The third-order valence-corrected chi connectivity index (χ3v) is 22.5. The molecule has 6 rings (SSSR count). The van der Waals surface area contributed by atoms with Gasteiger partial charge in [-0.15, -0.1) is 0 Å². The van der Waals surface area contributed by atoms with Gasteiger partial charge in [-0.1, -0.05) is 125 Å². The monoisotopic (exact) mass is 1470 g/mol. The smallest absolute Gasteiger partial charge is 0.322 e. The van der Waals surface area contributed by atoms with Crippen LogP contribution in [0.15, 0.2) is 97.1 Å². The average molecular weight is 1470 g/mol. The van der Waals surface area contributed by atoms with Crippen molar-refractivity contribution < 1.29 is 97.2 Å². The predicted molar refractivity (Wildman–Crippen MR) is 328 cm³/mol. The fourth-order valence-corrected chi connectivity index (χ4v) is 16.0. The summed E-state index contributed by atoms with van der Waals surface area (Å²) in [7, 11) is 0. The molecular weight excluding hydrogens is 1400 g/mol. The number of Topliss-reactive ketones (excluding diaryl/α,β-unsaturated/α-hetero) is 2. The Hall–Kier alpha value is -9.22. The number of benzene rings is 4. The van der Waals surface area contributed by atoms with Gasteiger partial charge in [0.1, 0.15) is 19.8 Å². The van der Waals surface area contributed by atoms with E-state index in [1.807, 2.05) is 84.9 Å². The van der Waals surface area contributed by atoms with Gasteiger partial charge in [-0.25, -0.2) is 0 Å². The maximum atomic E-state index is 12.6. The van der Waals surface area contributed by atoms with Gasteiger partial charge < -0.3 is 40.6 Å². The van der Waals surface area contributed by atoms with Crippen LogP contribution < -0.4 is 21.3 Å². The van der Waals surface area contributed by atoms with Crippen LogP contribution in [0.2, 0.25) is 0 Å². The van der Waals surface area contributed by atoms with Gasteiger partial charge in [0.25, 0.3) is 0 Å². The molecule has 0 bridgehead atoms. The summed E-state index contributed by atoms with van der Waals surface area (Å²) in [5, 5.41) is 18.5. The minimum absolute atomic E-state index is 0.0682. The number of ketones is 2. The Morgan fingerprint density at radius 2 is 0.696 bits per heavy atom. The normalized spacial score (nSPS) is 13.6. The second-order valence-corrected chi connectivity index (χ2v) is 29.0. The van der Waals surface area contributed by atoms with Gasteiger partial charge in [-0.2, -0.15) is 0 Å². The number of fused-ring (bicyclic) bond motifs is 6. The Morgan fingerprint density at radius 3 is 0.989 bits per heavy atom. The maximum Gasteiger partial charge on any atom is 0.322 e. The molecule has 26 nitrogen and oxygen atoms in total. The number of carbonyl (C=O) groups excluding carboxylic acids is 13. The summed E-state index contributed by atoms with van der Waals surface area (Å²) in [6.07, 6.45) is -0.532. The first-order chi connectivity index (χ1) is 43.3. The number of hydrogen-bond donors (Lipinski definition) is 5. The molecule has 0 saturated carbocycles. The van der Waals surface area contributed by atoms with E-state index >= 15 is 0 Å². The van der Waals surface area contributed by atoms with Crippen molar-refractivity contribution >= 4 is 106 Å².